The lowest BCUT2D eigenvalue weighted by Gasteiger charge is -2.09. The molecule has 0 unspecified atom stereocenters. The number of carbonyl (C=O) groups excluding carboxylic acids is 1. The molecule has 0 radical (unpaired) electrons. The predicted molar refractivity (Wildman–Crippen MR) is 130 cm³/mol. The second-order valence-electron chi connectivity index (χ2n) is 7.82. The molecule has 0 saturated carbocycles. The lowest BCUT2D eigenvalue weighted by molar-refractivity contribution is -0.116. The summed E-state index contributed by atoms with van der Waals surface area (Å²) in [6, 6.07) is 20.6. The van der Waals surface area contributed by atoms with Gasteiger partial charge in [0.05, 0.1) is 17.2 Å². The van der Waals surface area contributed by atoms with Crippen LogP contribution in [-0.4, -0.2) is 20.4 Å². The zero-order valence-electron chi connectivity index (χ0n) is 18.3. The maximum absolute atomic E-state index is 13.7. The van der Waals surface area contributed by atoms with Gasteiger partial charge in [-0.1, -0.05) is 23.7 Å². The molecule has 9 heteroatoms. The minimum atomic E-state index is -2.73. The number of alkyl halides is 2. The maximum atomic E-state index is 13.7. The summed E-state index contributed by atoms with van der Waals surface area (Å²) in [5.74, 6) is 0.997. The zero-order chi connectivity index (χ0) is 24.4. The third kappa shape index (κ3) is 4.93. The molecule has 0 spiro atoms. The summed E-state index contributed by atoms with van der Waals surface area (Å²) < 4.78 is 34.1. The first-order valence-corrected chi connectivity index (χ1v) is 11.2. The van der Waals surface area contributed by atoms with Crippen LogP contribution in [0.3, 0.4) is 0 Å². The number of amides is 1. The SMILES string of the molecule is O=C(CCc1ncc(-c2ccc(Cl)cc2)o1)Nc1ccc(-c2nc3ccccc3n2C(F)F)cc1. The fraction of sp³-hybridized carbons (Fsp3) is 0.115. The van der Waals surface area contributed by atoms with E-state index in [2.05, 4.69) is 15.3 Å². The number of aryl methyl sites for hydroxylation is 1. The van der Waals surface area contributed by atoms with Gasteiger partial charge in [-0.25, -0.2) is 9.97 Å². The number of hydrogen-bond acceptors (Lipinski definition) is 4. The molecular formula is C26H19ClF2N4O2. The van der Waals surface area contributed by atoms with Crippen molar-refractivity contribution in [1.29, 1.82) is 0 Å². The van der Waals surface area contributed by atoms with Gasteiger partial charge in [0, 0.05) is 34.7 Å². The number of benzene rings is 3. The van der Waals surface area contributed by atoms with E-state index in [1.807, 2.05) is 12.1 Å². The van der Waals surface area contributed by atoms with Crippen molar-refractivity contribution in [3.8, 4) is 22.7 Å². The highest BCUT2D eigenvalue weighted by atomic mass is 35.5. The Labute approximate surface area is 204 Å². The van der Waals surface area contributed by atoms with Crippen molar-refractivity contribution in [3.63, 3.8) is 0 Å². The first kappa shape index (κ1) is 22.7. The smallest absolute Gasteiger partial charge is 0.320 e. The minimum absolute atomic E-state index is 0.166. The maximum Gasteiger partial charge on any atom is 0.320 e. The van der Waals surface area contributed by atoms with Crippen LogP contribution < -0.4 is 5.32 Å². The van der Waals surface area contributed by atoms with Crippen LogP contribution in [0.4, 0.5) is 14.5 Å². The topological polar surface area (TPSA) is 73.0 Å². The molecule has 2 aromatic heterocycles. The Morgan fingerprint density at radius 2 is 1.71 bits per heavy atom. The third-order valence-corrected chi connectivity index (χ3v) is 5.72. The number of anilines is 1. The molecule has 6 nitrogen and oxygen atoms in total. The quantitative estimate of drug-likeness (QED) is 0.266. The Morgan fingerprint density at radius 1 is 1.00 bits per heavy atom. The molecule has 5 rings (SSSR count). The van der Waals surface area contributed by atoms with E-state index in [0.29, 0.717) is 45.4 Å². The van der Waals surface area contributed by atoms with E-state index in [4.69, 9.17) is 16.0 Å². The minimum Gasteiger partial charge on any atom is -0.441 e. The van der Waals surface area contributed by atoms with Crippen LogP contribution in [0.2, 0.25) is 5.02 Å². The highest BCUT2D eigenvalue weighted by Gasteiger charge is 2.19. The van der Waals surface area contributed by atoms with E-state index in [1.165, 1.54) is 0 Å². The summed E-state index contributed by atoms with van der Waals surface area (Å²) in [6.45, 7) is -2.73. The molecule has 0 aliphatic carbocycles. The van der Waals surface area contributed by atoms with Crippen LogP contribution in [-0.2, 0) is 11.2 Å². The van der Waals surface area contributed by atoms with Gasteiger partial charge in [-0.3, -0.25) is 9.36 Å². The van der Waals surface area contributed by atoms with Gasteiger partial charge < -0.3 is 9.73 Å². The molecule has 5 aromatic rings. The van der Waals surface area contributed by atoms with Crippen LogP contribution in [0.5, 0.6) is 0 Å². The lowest BCUT2D eigenvalue weighted by atomic mass is 10.2. The van der Waals surface area contributed by atoms with Crippen molar-refractivity contribution in [1.82, 2.24) is 14.5 Å². The molecule has 3 aromatic carbocycles. The zero-order valence-corrected chi connectivity index (χ0v) is 19.0. The van der Waals surface area contributed by atoms with E-state index in [9.17, 15) is 13.6 Å². The van der Waals surface area contributed by atoms with Gasteiger partial charge in [0.2, 0.25) is 5.91 Å². The number of para-hydroxylation sites is 2. The van der Waals surface area contributed by atoms with Gasteiger partial charge in [0.1, 0.15) is 5.82 Å². The van der Waals surface area contributed by atoms with Crippen molar-refractivity contribution >= 4 is 34.2 Å². The highest BCUT2D eigenvalue weighted by molar-refractivity contribution is 6.30. The normalized spacial score (nSPS) is 11.3. The lowest BCUT2D eigenvalue weighted by Crippen LogP contribution is -2.12. The fourth-order valence-electron chi connectivity index (χ4n) is 3.77. The van der Waals surface area contributed by atoms with Crippen LogP contribution in [0.15, 0.2) is 83.4 Å². The molecule has 0 saturated heterocycles. The van der Waals surface area contributed by atoms with E-state index in [1.54, 1.807) is 66.9 Å². The second-order valence-corrected chi connectivity index (χ2v) is 8.26. The Bertz CT molecular complexity index is 1480. The molecule has 1 amide bonds. The van der Waals surface area contributed by atoms with Crippen LogP contribution in [0.25, 0.3) is 33.7 Å². The summed E-state index contributed by atoms with van der Waals surface area (Å²) in [7, 11) is 0. The van der Waals surface area contributed by atoms with E-state index in [0.717, 1.165) is 10.1 Å². The van der Waals surface area contributed by atoms with Crippen LogP contribution >= 0.6 is 11.6 Å². The van der Waals surface area contributed by atoms with Crippen molar-refractivity contribution in [2.24, 2.45) is 0 Å². The molecule has 0 aliphatic heterocycles. The average molecular weight is 493 g/mol. The van der Waals surface area contributed by atoms with Gasteiger partial charge in [-0.05, 0) is 60.7 Å². The summed E-state index contributed by atoms with van der Waals surface area (Å²) in [5, 5.41) is 3.43. The van der Waals surface area contributed by atoms with Crippen LogP contribution in [0.1, 0.15) is 18.9 Å². The molecular weight excluding hydrogens is 474 g/mol. The highest BCUT2D eigenvalue weighted by Crippen LogP contribution is 2.30. The first-order valence-electron chi connectivity index (χ1n) is 10.8. The number of rotatable bonds is 7. The number of hydrogen-bond donors (Lipinski definition) is 1. The van der Waals surface area contributed by atoms with E-state index < -0.39 is 6.55 Å². The Morgan fingerprint density at radius 3 is 2.46 bits per heavy atom. The number of nitrogens with one attached hydrogen (secondary N) is 1. The van der Waals surface area contributed by atoms with Crippen molar-refractivity contribution in [3.05, 3.63) is 89.9 Å². The van der Waals surface area contributed by atoms with Gasteiger partial charge in [-0.2, -0.15) is 8.78 Å². The molecule has 176 valence electrons. The third-order valence-electron chi connectivity index (χ3n) is 5.47. The number of halogens is 3. The number of imidazole rings is 1. The van der Waals surface area contributed by atoms with Gasteiger partial charge in [0.25, 0.3) is 0 Å². The largest absolute Gasteiger partial charge is 0.441 e. The number of oxazole rings is 1. The van der Waals surface area contributed by atoms with Crippen molar-refractivity contribution in [2.75, 3.05) is 5.32 Å². The van der Waals surface area contributed by atoms with E-state index >= 15 is 0 Å². The molecule has 0 atom stereocenters. The Balaban J connectivity index is 1.23. The molecule has 0 bridgehead atoms. The predicted octanol–water partition coefficient (Wildman–Crippen LogP) is 6.98. The second kappa shape index (κ2) is 9.68. The summed E-state index contributed by atoms with van der Waals surface area (Å²) in [5.41, 5.74) is 2.77. The Kier molecular flexibility index (Phi) is 6.29. The number of nitrogens with zero attached hydrogens (tertiary/aromatic N) is 3. The first-order chi connectivity index (χ1) is 17.0. The number of carbonyl (C=O) groups is 1. The van der Waals surface area contributed by atoms with Gasteiger partial charge in [-0.15, -0.1) is 0 Å². The van der Waals surface area contributed by atoms with Crippen molar-refractivity contribution in [2.45, 2.75) is 19.4 Å². The summed E-state index contributed by atoms with van der Waals surface area (Å²) >= 11 is 5.91. The summed E-state index contributed by atoms with van der Waals surface area (Å²) in [4.78, 5) is 21.0. The number of aromatic nitrogens is 3. The van der Waals surface area contributed by atoms with Crippen LogP contribution in [0, 0.1) is 0 Å². The fourth-order valence-corrected chi connectivity index (χ4v) is 3.89. The molecule has 0 fully saturated rings. The standard InChI is InChI=1S/C26H19ClF2N4O2/c27-18-9-5-16(6-10-18)22-15-30-24(35-22)14-13-23(34)31-19-11-7-17(8-12-19)25-32-20-3-1-2-4-21(20)33(25)26(28)29/h1-12,15,26H,13-14H2,(H,31,34). The average Bonchev–Trinajstić information content (AvgIpc) is 3.49. The summed E-state index contributed by atoms with van der Waals surface area (Å²) in [6.07, 6.45) is 2.11. The molecule has 35 heavy (non-hydrogen) atoms. The van der Waals surface area contributed by atoms with Gasteiger partial charge >= 0.3 is 6.55 Å². The van der Waals surface area contributed by atoms with Crippen molar-refractivity contribution < 1.29 is 18.0 Å². The van der Waals surface area contributed by atoms with E-state index in [-0.39, 0.29) is 18.2 Å². The number of fused-ring (bicyclic) bond motifs is 1. The molecule has 2 heterocycles. The molecule has 0 aliphatic rings. The molecule has 1 N–H and O–H groups in total. The Hall–Kier alpha value is -4.04. The van der Waals surface area contributed by atoms with Gasteiger partial charge in [0.15, 0.2) is 11.7 Å². The monoisotopic (exact) mass is 492 g/mol.